The molecule has 3 nitrogen and oxygen atoms in total. The lowest BCUT2D eigenvalue weighted by molar-refractivity contribution is 0.169. The molecule has 3 rings (SSSR count). The number of benzene rings is 1. The van der Waals surface area contributed by atoms with E-state index in [1.54, 1.807) is 6.20 Å². The van der Waals surface area contributed by atoms with Crippen LogP contribution in [0.3, 0.4) is 0 Å². The Morgan fingerprint density at radius 1 is 1.33 bits per heavy atom. The summed E-state index contributed by atoms with van der Waals surface area (Å²) in [4.78, 5) is 4.38. The third-order valence-electron chi connectivity index (χ3n) is 3.22. The highest BCUT2D eigenvalue weighted by Gasteiger charge is 2.16. The molecule has 0 amide bonds. The van der Waals surface area contributed by atoms with Gasteiger partial charge in [0.25, 0.3) is 0 Å². The van der Waals surface area contributed by atoms with E-state index >= 15 is 0 Å². The van der Waals surface area contributed by atoms with Crippen molar-refractivity contribution in [1.82, 2.24) is 10.3 Å². The van der Waals surface area contributed by atoms with E-state index in [9.17, 15) is 0 Å². The van der Waals surface area contributed by atoms with Crippen LogP contribution in [0.1, 0.15) is 12.8 Å². The maximum atomic E-state index is 6.16. The predicted octanol–water partition coefficient (Wildman–Crippen LogP) is 3.02. The van der Waals surface area contributed by atoms with Crippen molar-refractivity contribution >= 4 is 22.5 Å². The van der Waals surface area contributed by atoms with E-state index in [0.29, 0.717) is 5.02 Å². The maximum Gasteiger partial charge on any atom is 0.146 e. The summed E-state index contributed by atoms with van der Waals surface area (Å²) in [7, 11) is 0. The van der Waals surface area contributed by atoms with Crippen molar-refractivity contribution in [1.29, 1.82) is 0 Å². The molecule has 0 unspecified atom stereocenters. The monoisotopic (exact) mass is 262 g/mol. The lowest BCUT2D eigenvalue weighted by Crippen LogP contribution is -2.37. The van der Waals surface area contributed by atoms with E-state index < -0.39 is 0 Å². The first-order valence-electron chi connectivity index (χ1n) is 6.25. The maximum absolute atomic E-state index is 6.16. The number of rotatable bonds is 2. The summed E-state index contributed by atoms with van der Waals surface area (Å²) in [6, 6.07) is 7.64. The minimum atomic E-state index is 0.227. The van der Waals surface area contributed by atoms with Gasteiger partial charge in [0, 0.05) is 18.1 Å². The van der Waals surface area contributed by atoms with Gasteiger partial charge in [-0.05, 0) is 43.7 Å². The molecule has 0 aliphatic carbocycles. The molecule has 2 aromatic rings. The van der Waals surface area contributed by atoms with Gasteiger partial charge in [-0.2, -0.15) is 0 Å². The van der Waals surface area contributed by atoms with Crippen molar-refractivity contribution in [2.24, 2.45) is 0 Å². The topological polar surface area (TPSA) is 34.1 Å². The largest absolute Gasteiger partial charge is 0.487 e. The van der Waals surface area contributed by atoms with Gasteiger partial charge in [0.1, 0.15) is 17.4 Å². The lowest BCUT2D eigenvalue weighted by Gasteiger charge is -2.24. The number of nitrogens with one attached hydrogen (secondary N) is 1. The van der Waals surface area contributed by atoms with Crippen LogP contribution in [0.4, 0.5) is 0 Å². The Morgan fingerprint density at radius 2 is 2.28 bits per heavy atom. The molecule has 4 heteroatoms. The van der Waals surface area contributed by atoms with Crippen LogP contribution in [-0.2, 0) is 0 Å². The molecule has 1 aromatic carbocycles. The number of piperidine rings is 1. The van der Waals surface area contributed by atoms with Crippen molar-refractivity contribution < 1.29 is 4.74 Å². The van der Waals surface area contributed by atoms with Crippen LogP contribution in [0.2, 0.25) is 5.02 Å². The zero-order chi connectivity index (χ0) is 12.4. The highest BCUT2D eigenvalue weighted by atomic mass is 35.5. The van der Waals surface area contributed by atoms with Gasteiger partial charge < -0.3 is 10.1 Å². The minimum Gasteiger partial charge on any atom is -0.487 e. The summed E-state index contributed by atoms with van der Waals surface area (Å²) in [6.45, 7) is 1.98. The van der Waals surface area contributed by atoms with Gasteiger partial charge >= 0.3 is 0 Å². The zero-order valence-electron chi connectivity index (χ0n) is 10.0. The number of nitrogens with zero attached hydrogens (tertiary/aromatic N) is 1. The molecular weight excluding hydrogens is 248 g/mol. The van der Waals surface area contributed by atoms with Crippen molar-refractivity contribution in [3.63, 3.8) is 0 Å². The van der Waals surface area contributed by atoms with Gasteiger partial charge in [0.2, 0.25) is 0 Å². The minimum absolute atomic E-state index is 0.227. The molecule has 18 heavy (non-hydrogen) atoms. The standard InChI is InChI=1S/C14H15ClN2O/c15-12-5-6-13(14-11(12)4-2-8-17-14)18-10-3-1-7-16-9-10/h2,4-6,8,10,16H,1,3,7,9H2/t10-/m1/s1. The van der Waals surface area contributed by atoms with Gasteiger partial charge in [0.05, 0.1) is 5.02 Å². The first kappa shape index (κ1) is 11.8. The van der Waals surface area contributed by atoms with Crippen molar-refractivity contribution in [3.05, 3.63) is 35.5 Å². The Morgan fingerprint density at radius 3 is 3.11 bits per heavy atom. The fourth-order valence-corrected chi connectivity index (χ4v) is 2.52. The second-order valence-electron chi connectivity index (χ2n) is 4.53. The van der Waals surface area contributed by atoms with Gasteiger partial charge in [0.15, 0.2) is 0 Å². The number of ether oxygens (including phenoxy) is 1. The van der Waals surface area contributed by atoms with Gasteiger partial charge in [-0.3, -0.25) is 4.98 Å². The molecule has 1 aromatic heterocycles. The number of aromatic nitrogens is 1. The molecule has 1 aliphatic heterocycles. The molecule has 0 radical (unpaired) electrons. The van der Waals surface area contributed by atoms with Crippen LogP contribution in [0.5, 0.6) is 5.75 Å². The highest BCUT2D eigenvalue weighted by Crippen LogP contribution is 2.30. The second kappa shape index (κ2) is 5.12. The molecule has 1 N–H and O–H groups in total. The number of halogens is 1. The summed E-state index contributed by atoms with van der Waals surface area (Å²) in [5, 5.41) is 5.00. The summed E-state index contributed by atoms with van der Waals surface area (Å²) < 4.78 is 6.04. The first-order valence-corrected chi connectivity index (χ1v) is 6.63. The summed E-state index contributed by atoms with van der Waals surface area (Å²) in [5.41, 5.74) is 0.843. The van der Waals surface area contributed by atoms with Crippen LogP contribution >= 0.6 is 11.6 Å². The number of hydrogen-bond acceptors (Lipinski definition) is 3. The Kier molecular flexibility index (Phi) is 3.35. The van der Waals surface area contributed by atoms with E-state index in [-0.39, 0.29) is 6.10 Å². The summed E-state index contributed by atoms with van der Waals surface area (Å²) >= 11 is 6.16. The molecule has 0 saturated carbocycles. The normalized spacial score (nSPS) is 19.9. The first-order chi connectivity index (χ1) is 8.84. The zero-order valence-corrected chi connectivity index (χ0v) is 10.8. The van der Waals surface area contributed by atoms with Gasteiger partial charge in [-0.15, -0.1) is 0 Å². The Bertz CT molecular complexity index is 552. The molecule has 0 spiro atoms. The average molecular weight is 263 g/mol. The van der Waals surface area contributed by atoms with Crippen LogP contribution in [0.15, 0.2) is 30.5 Å². The van der Waals surface area contributed by atoms with E-state index in [1.807, 2.05) is 24.3 Å². The van der Waals surface area contributed by atoms with E-state index in [0.717, 1.165) is 42.6 Å². The average Bonchev–Trinajstić information content (AvgIpc) is 2.44. The molecule has 1 aliphatic rings. The Hall–Kier alpha value is -1.32. The number of fused-ring (bicyclic) bond motifs is 1. The molecule has 1 fully saturated rings. The second-order valence-corrected chi connectivity index (χ2v) is 4.94. The molecular formula is C14H15ClN2O. The third kappa shape index (κ3) is 2.28. The van der Waals surface area contributed by atoms with E-state index in [2.05, 4.69) is 10.3 Å². The van der Waals surface area contributed by atoms with Crippen molar-refractivity contribution in [3.8, 4) is 5.75 Å². The smallest absolute Gasteiger partial charge is 0.146 e. The van der Waals surface area contributed by atoms with E-state index in [1.165, 1.54) is 0 Å². The van der Waals surface area contributed by atoms with Crippen LogP contribution in [0.25, 0.3) is 10.9 Å². The number of pyridine rings is 1. The lowest BCUT2D eigenvalue weighted by atomic mass is 10.1. The van der Waals surface area contributed by atoms with Crippen LogP contribution < -0.4 is 10.1 Å². The molecule has 94 valence electrons. The van der Waals surface area contributed by atoms with Gasteiger partial charge in [-0.1, -0.05) is 11.6 Å². The van der Waals surface area contributed by atoms with Crippen molar-refractivity contribution in [2.75, 3.05) is 13.1 Å². The van der Waals surface area contributed by atoms with Gasteiger partial charge in [-0.25, -0.2) is 0 Å². The summed E-state index contributed by atoms with van der Waals surface area (Å²) in [5.74, 6) is 0.823. The summed E-state index contributed by atoms with van der Waals surface area (Å²) in [6.07, 6.45) is 4.24. The quantitative estimate of drug-likeness (QED) is 0.903. The van der Waals surface area contributed by atoms with Crippen LogP contribution in [0, 0.1) is 0 Å². The predicted molar refractivity (Wildman–Crippen MR) is 73.3 cm³/mol. The third-order valence-corrected chi connectivity index (χ3v) is 3.55. The molecule has 0 bridgehead atoms. The van der Waals surface area contributed by atoms with E-state index in [4.69, 9.17) is 16.3 Å². The SMILES string of the molecule is Clc1ccc(O[C@@H]2CCCNC2)c2ncccc12. The molecule has 1 saturated heterocycles. The Balaban J connectivity index is 1.94. The number of hydrogen-bond donors (Lipinski definition) is 1. The van der Waals surface area contributed by atoms with Crippen LogP contribution in [-0.4, -0.2) is 24.2 Å². The molecule has 1 atom stereocenters. The molecule has 2 heterocycles. The fraction of sp³-hybridized carbons (Fsp3) is 0.357. The van der Waals surface area contributed by atoms with Crippen molar-refractivity contribution in [2.45, 2.75) is 18.9 Å². The highest BCUT2D eigenvalue weighted by molar-refractivity contribution is 6.35. The fourth-order valence-electron chi connectivity index (χ4n) is 2.31. The Labute approximate surface area is 111 Å².